The molecule has 0 atom stereocenters. The summed E-state index contributed by atoms with van der Waals surface area (Å²) in [4.78, 5) is 16.0. The molecule has 0 unspecified atom stereocenters. The maximum atomic E-state index is 11.9. The number of hydrogen-bond acceptors (Lipinski definition) is 5. The fraction of sp³-hybridized carbons (Fsp3) is 0.467. The van der Waals surface area contributed by atoms with Crippen LogP contribution in [0.3, 0.4) is 0 Å². The first-order chi connectivity index (χ1) is 9.81. The highest BCUT2D eigenvalue weighted by Gasteiger charge is 2.08. The molecule has 0 aliphatic carbocycles. The van der Waals surface area contributed by atoms with E-state index < -0.39 is 0 Å². The number of unbranched alkanes of at least 4 members (excludes halogenated alkanes) is 2. The van der Waals surface area contributed by atoms with Crippen molar-refractivity contribution in [1.29, 1.82) is 0 Å². The molecule has 1 aromatic heterocycles. The minimum atomic E-state index is -0.308. The van der Waals surface area contributed by atoms with Crippen molar-refractivity contribution in [3.05, 3.63) is 29.3 Å². The second kappa shape index (κ2) is 7.97. The Bertz CT molecular complexity index is 553. The molecular formula is C15H19NO3S. The summed E-state index contributed by atoms with van der Waals surface area (Å²) in [5, 5.41) is 0. The second-order valence-corrected chi connectivity index (χ2v) is 5.38. The van der Waals surface area contributed by atoms with Gasteiger partial charge >= 0.3 is 5.97 Å². The molecule has 0 aliphatic heterocycles. The number of thiazole rings is 1. The van der Waals surface area contributed by atoms with Crippen molar-refractivity contribution in [3.63, 3.8) is 0 Å². The van der Waals surface area contributed by atoms with E-state index >= 15 is 0 Å². The van der Waals surface area contributed by atoms with Gasteiger partial charge in [-0.15, -0.1) is 11.3 Å². The molecule has 0 aliphatic rings. The first-order valence-corrected chi connectivity index (χ1v) is 7.77. The van der Waals surface area contributed by atoms with E-state index in [1.807, 2.05) is 12.1 Å². The summed E-state index contributed by atoms with van der Waals surface area (Å²) in [6.07, 6.45) is 3.42. The maximum absolute atomic E-state index is 11.9. The molecule has 1 heterocycles. The Morgan fingerprint density at radius 1 is 1.25 bits per heavy atom. The molecule has 0 saturated heterocycles. The van der Waals surface area contributed by atoms with Gasteiger partial charge in [-0.2, -0.15) is 0 Å². The van der Waals surface area contributed by atoms with Crippen LogP contribution in [-0.2, 0) is 9.47 Å². The van der Waals surface area contributed by atoms with Crippen molar-refractivity contribution in [1.82, 2.24) is 4.98 Å². The van der Waals surface area contributed by atoms with Crippen LogP contribution < -0.4 is 0 Å². The summed E-state index contributed by atoms with van der Waals surface area (Å²) in [7, 11) is 0. The Morgan fingerprint density at radius 3 is 3.00 bits per heavy atom. The number of ether oxygens (including phenoxy) is 2. The first-order valence-electron chi connectivity index (χ1n) is 6.89. The smallest absolute Gasteiger partial charge is 0.338 e. The van der Waals surface area contributed by atoms with Crippen molar-refractivity contribution in [2.45, 2.75) is 26.2 Å². The van der Waals surface area contributed by atoms with Gasteiger partial charge in [-0.1, -0.05) is 19.8 Å². The van der Waals surface area contributed by atoms with Crippen LogP contribution >= 0.6 is 11.3 Å². The molecule has 0 fully saturated rings. The zero-order chi connectivity index (χ0) is 14.2. The number of nitrogens with zero attached hydrogens (tertiary/aromatic N) is 1. The predicted octanol–water partition coefficient (Wildman–Crippen LogP) is 3.66. The fourth-order valence-corrected chi connectivity index (χ4v) is 2.53. The lowest BCUT2D eigenvalue weighted by atomic mass is 10.2. The van der Waals surface area contributed by atoms with Crippen LogP contribution in [0.2, 0.25) is 0 Å². The number of benzene rings is 1. The van der Waals surface area contributed by atoms with E-state index in [2.05, 4.69) is 11.9 Å². The molecule has 0 amide bonds. The summed E-state index contributed by atoms with van der Waals surface area (Å²) in [5.74, 6) is -0.308. The van der Waals surface area contributed by atoms with Crippen LogP contribution in [0.15, 0.2) is 23.7 Å². The molecule has 0 spiro atoms. The average molecular weight is 293 g/mol. The third-order valence-corrected chi connectivity index (χ3v) is 3.71. The maximum Gasteiger partial charge on any atom is 0.338 e. The summed E-state index contributed by atoms with van der Waals surface area (Å²) < 4.78 is 11.6. The number of carbonyl (C=O) groups is 1. The van der Waals surface area contributed by atoms with Crippen LogP contribution in [0.4, 0.5) is 0 Å². The molecule has 2 rings (SSSR count). The summed E-state index contributed by atoms with van der Waals surface area (Å²) in [5.41, 5.74) is 3.24. The lowest BCUT2D eigenvalue weighted by Gasteiger charge is -2.06. The number of aromatic nitrogens is 1. The van der Waals surface area contributed by atoms with Gasteiger partial charge < -0.3 is 9.47 Å². The molecule has 2 aromatic rings. The molecule has 5 heteroatoms. The van der Waals surface area contributed by atoms with E-state index in [4.69, 9.17) is 9.47 Å². The van der Waals surface area contributed by atoms with Crippen LogP contribution in [0.25, 0.3) is 10.2 Å². The summed E-state index contributed by atoms with van der Waals surface area (Å²) in [6, 6.07) is 5.40. The largest absolute Gasteiger partial charge is 0.460 e. The first kappa shape index (κ1) is 14.9. The Labute approximate surface area is 122 Å². The molecule has 0 radical (unpaired) electrons. The number of rotatable bonds is 8. The third-order valence-electron chi connectivity index (χ3n) is 2.92. The van der Waals surface area contributed by atoms with Gasteiger partial charge in [-0.05, 0) is 24.6 Å². The van der Waals surface area contributed by atoms with Crippen LogP contribution in [-0.4, -0.2) is 30.8 Å². The van der Waals surface area contributed by atoms with Gasteiger partial charge in [0, 0.05) is 6.61 Å². The van der Waals surface area contributed by atoms with E-state index in [1.165, 1.54) is 24.2 Å². The van der Waals surface area contributed by atoms with Crippen LogP contribution in [0.5, 0.6) is 0 Å². The lowest BCUT2D eigenvalue weighted by Crippen LogP contribution is -2.11. The van der Waals surface area contributed by atoms with Crippen molar-refractivity contribution < 1.29 is 14.3 Å². The van der Waals surface area contributed by atoms with E-state index in [0.717, 1.165) is 23.2 Å². The number of esters is 1. The van der Waals surface area contributed by atoms with Gasteiger partial charge in [-0.3, -0.25) is 0 Å². The van der Waals surface area contributed by atoms with Gasteiger partial charge in [0.2, 0.25) is 0 Å². The molecule has 20 heavy (non-hydrogen) atoms. The zero-order valence-corrected chi connectivity index (χ0v) is 12.4. The molecule has 0 N–H and O–H groups in total. The quantitative estimate of drug-likeness (QED) is 0.550. The number of hydrogen-bond donors (Lipinski definition) is 0. The molecule has 1 aromatic carbocycles. The highest BCUT2D eigenvalue weighted by atomic mass is 32.1. The van der Waals surface area contributed by atoms with Crippen molar-refractivity contribution in [2.75, 3.05) is 19.8 Å². The monoisotopic (exact) mass is 293 g/mol. The van der Waals surface area contributed by atoms with E-state index in [0.29, 0.717) is 18.8 Å². The second-order valence-electron chi connectivity index (χ2n) is 4.49. The zero-order valence-electron chi connectivity index (χ0n) is 11.6. The van der Waals surface area contributed by atoms with Gasteiger partial charge in [0.15, 0.2) is 0 Å². The van der Waals surface area contributed by atoms with Gasteiger partial charge in [-0.25, -0.2) is 9.78 Å². The topological polar surface area (TPSA) is 48.4 Å². The average Bonchev–Trinajstić information content (AvgIpc) is 2.93. The van der Waals surface area contributed by atoms with E-state index in [-0.39, 0.29) is 5.97 Å². The molecule has 108 valence electrons. The highest BCUT2D eigenvalue weighted by Crippen LogP contribution is 2.19. The molecular weight excluding hydrogens is 274 g/mol. The van der Waals surface area contributed by atoms with E-state index in [9.17, 15) is 4.79 Å². The van der Waals surface area contributed by atoms with E-state index in [1.54, 1.807) is 11.6 Å². The van der Waals surface area contributed by atoms with Crippen molar-refractivity contribution >= 4 is 27.5 Å². The number of fused-ring (bicyclic) bond motifs is 1. The Morgan fingerprint density at radius 2 is 2.15 bits per heavy atom. The van der Waals surface area contributed by atoms with Crippen LogP contribution in [0, 0.1) is 0 Å². The Hall–Kier alpha value is -1.46. The predicted molar refractivity (Wildman–Crippen MR) is 80.2 cm³/mol. The van der Waals surface area contributed by atoms with Crippen molar-refractivity contribution in [2.24, 2.45) is 0 Å². The highest BCUT2D eigenvalue weighted by molar-refractivity contribution is 7.16. The standard InChI is InChI=1S/C15H19NO3S/c1-2-3-4-7-18-8-9-19-15(17)12-5-6-13-14(10-12)20-11-16-13/h5-6,10-11H,2-4,7-9H2,1H3. The minimum absolute atomic E-state index is 0.297. The number of carbonyl (C=O) groups excluding carboxylic acids is 1. The Balaban J connectivity index is 1.71. The Kier molecular flexibility index (Phi) is 5.95. The molecule has 4 nitrogen and oxygen atoms in total. The van der Waals surface area contributed by atoms with Crippen molar-refractivity contribution in [3.8, 4) is 0 Å². The van der Waals surface area contributed by atoms with Gasteiger partial charge in [0.05, 0.1) is 27.9 Å². The van der Waals surface area contributed by atoms with Gasteiger partial charge in [0.1, 0.15) is 6.61 Å². The molecule has 0 saturated carbocycles. The van der Waals surface area contributed by atoms with Gasteiger partial charge in [0.25, 0.3) is 0 Å². The van der Waals surface area contributed by atoms with Crippen LogP contribution in [0.1, 0.15) is 36.5 Å². The lowest BCUT2D eigenvalue weighted by molar-refractivity contribution is 0.0313. The SMILES string of the molecule is CCCCCOCCOC(=O)c1ccc2ncsc2c1. The molecule has 0 bridgehead atoms. The normalized spacial score (nSPS) is 10.8. The third kappa shape index (κ3) is 4.28. The fourth-order valence-electron chi connectivity index (χ4n) is 1.81. The summed E-state index contributed by atoms with van der Waals surface area (Å²) >= 11 is 1.51. The minimum Gasteiger partial charge on any atom is -0.460 e. The summed E-state index contributed by atoms with van der Waals surface area (Å²) in [6.45, 7) is 3.64.